The number of benzene rings is 1. The molecule has 3 atom stereocenters. The smallest absolute Gasteiger partial charge is 0.311 e. The molecule has 1 spiro atoms. The number of hydrogen-bond acceptors (Lipinski definition) is 5. The maximum absolute atomic E-state index is 12.3. The maximum Gasteiger partial charge on any atom is 0.311 e. The van der Waals surface area contributed by atoms with Crippen molar-refractivity contribution in [2.45, 2.75) is 57.7 Å². The van der Waals surface area contributed by atoms with E-state index in [1.165, 1.54) is 24.3 Å². The van der Waals surface area contributed by atoms with Crippen LogP contribution in [0.4, 0.5) is 5.69 Å². The van der Waals surface area contributed by atoms with Crippen LogP contribution >= 0.6 is 0 Å². The largest absolute Gasteiger partial charge is 0.427 e. The van der Waals surface area contributed by atoms with Gasteiger partial charge in [-0.3, -0.25) is 14.9 Å². The second-order valence-electron chi connectivity index (χ2n) is 7.51. The fourth-order valence-corrected chi connectivity index (χ4v) is 4.07. The van der Waals surface area contributed by atoms with Crippen LogP contribution < -0.4 is 4.74 Å². The zero-order valence-electron chi connectivity index (χ0n) is 14.3. The maximum atomic E-state index is 12.3. The Labute approximate surface area is 141 Å². The van der Waals surface area contributed by atoms with E-state index < -0.39 is 4.92 Å². The Morgan fingerprint density at radius 3 is 2.54 bits per heavy atom. The molecule has 1 aromatic rings. The van der Waals surface area contributed by atoms with E-state index in [2.05, 4.69) is 20.8 Å². The molecule has 130 valence electrons. The predicted octanol–water partition coefficient (Wildman–Crippen LogP) is 3.87. The molecule has 0 radical (unpaired) electrons. The Morgan fingerprint density at radius 2 is 2.00 bits per heavy atom. The molecule has 1 aliphatic heterocycles. The van der Waals surface area contributed by atoms with E-state index >= 15 is 0 Å². The third-order valence-corrected chi connectivity index (χ3v) is 5.46. The quantitative estimate of drug-likeness (QED) is 0.275. The summed E-state index contributed by atoms with van der Waals surface area (Å²) in [6, 6.07) is 5.57. The first-order valence-electron chi connectivity index (χ1n) is 8.39. The van der Waals surface area contributed by atoms with E-state index in [9.17, 15) is 14.9 Å². The lowest BCUT2D eigenvalue weighted by Crippen LogP contribution is -2.38. The molecule has 6 heteroatoms. The highest BCUT2D eigenvalue weighted by atomic mass is 16.6. The lowest BCUT2D eigenvalue weighted by atomic mass is 9.68. The van der Waals surface area contributed by atoms with Gasteiger partial charge in [0.1, 0.15) is 11.4 Å². The van der Waals surface area contributed by atoms with Crippen LogP contribution in [0.2, 0.25) is 0 Å². The Bertz CT molecular complexity index is 654. The molecular formula is C18H23NO5. The minimum absolute atomic E-state index is 0.0250. The van der Waals surface area contributed by atoms with Crippen LogP contribution in [0.3, 0.4) is 0 Å². The van der Waals surface area contributed by atoms with Gasteiger partial charge in [-0.2, -0.15) is 0 Å². The molecule has 0 amide bonds. The summed E-state index contributed by atoms with van der Waals surface area (Å²) in [5, 5.41) is 10.7. The lowest BCUT2D eigenvalue weighted by molar-refractivity contribution is -0.384. The molecule has 0 unspecified atom stereocenters. The number of carbonyl (C=O) groups excluding carboxylic acids is 1. The third-order valence-electron chi connectivity index (χ3n) is 5.46. The molecule has 1 saturated heterocycles. The van der Waals surface area contributed by atoms with Gasteiger partial charge in [0, 0.05) is 18.1 Å². The number of rotatable bonds is 4. The number of non-ortho nitro benzene ring substituents is 1. The van der Waals surface area contributed by atoms with Crippen molar-refractivity contribution in [3.05, 3.63) is 34.4 Å². The fourth-order valence-electron chi connectivity index (χ4n) is 4.07. The van der Waals surface area contributed by atoms with E-state index in [1.54, 1.807) is 0 Å². The molecule has 0 aromatic heterocycles. The molecule has 24 heavy (non-hydrogen) atoms. The van der Waals surface area contributed by atoms with E-state index in [1.807, 2.05) is 0 Å². The lowest BCUT2D eigenvalue weighted by Gasteiger charge is -2.34. The molecule has 1 aliphatic carbocycles. The van der Waals surface area contributed by atoms with Gasteiger partial charge in [0.05, 0.1) is 16.9 Å². The summed E-state index contributed by atoms with van der Waals surface area (Å²) in [5.41, 5.74) is -0.401. The number of carbonyl (C=O) groups is 1. The molecule has 2 fully saturated rings. The molecule has 1 saturated carbocycles. The minimum Gasteiger partial charge on any atom is -0.427 e. The molecule has 3 rings (SSSR count). The summed E-state index contributed by atoms with van der Waals surface area (Å²) in [5.74, 6) is 0.753. The Morgan fingerprint density at radius 1 is 1.38 bits per heavy atom. The van der Waals surface area contributed by atoms with Gasteiger partial charge < -0.3 is 9.47 Å². The number of esters is 1. The number of nitrogens with zero attached hydrogens (tertiary/aromatic N) is 1. The standard InChI is InChI=1S/C18H23NO5/c1-12-8-9-18(17(2,3)24-18)13(10-12)11-16(20)23-15-6-4-14(5-7-15)19(21)22/h4-7,12-13H,8-11H2,1-3H3/t12-,13+,18+/m1/s1. The Kier molecular flexibility index (Phi) is 4.11. The summed E-state index contributed by atoms with van der Waals surface area (Å²) in [4.78, 5) is 22.5. The minimum atomic E-state index is -0.481. The van der Waals surface area contributed by atoms with Crippen molar-refractivity contribution in [2.75, 3.05) is 0 Å². The van der Waals surface area contributed by atoms with Crippen molar-refractivity contribution >= 4 is 11.7 Å². The van der Waals surface area contributed by atoms with Crippen molar-refractivity contribution in [3.63, 3.8) is 0 Å². The highest BCUT2D eigenvalue weighted by molar-refractivity contribution is 5.73. The first-order chi connectivity index (χ1) is 11.2. The average Bonchev–Trinajstić information content (AvgIpc) is 3.06. The van der Waals surface area contributed by atoms with Gasteiger partial charge in [-0.1, -0.05) is 6.92 Å². The highest BCUT2D eigenvalue weighted by Gasteiger charge is 2.68. The number of nitro groups is 1. The molecule has 1 heterocycles. The van der Waals surface area contributed by atoms with E-state index in [0.717, 1.165) is 19.3 Å². The van der Waals surface area contributed by atoms with Gasteiger partial charge in [0.25, 0.3) is 5.69 Å². The second-order valence-corrected chi connectivity index (χ2v) is 7.51. The summed E-state index contributed by atoms with van der Waals surface area (Å²) >= 11 is 0. The number of nitro benzene ring substituents is 1. The van der Waals surface area contributed by atoms with Gasteiger partial charge in [0.2, 0.25) is 0 Å². The zero-order valence-corrected chi connectivity index (χ0v) is 14.3. The molecule has 0 bridgehead atoms. The summed E-state index contributed by atoms with van der Waals surface area (Å²) in [6.45, 7) is 6.37. The third kappa shape index (κ3) is 3.02. The van der Waals surface area contributed by atoms with Gasteiger partial charge >= 0.3 is 5.97 Å². The van der Waals surface area contributed by atoms with Crippen molar-refractivity contribution < 1.29 is 19.2 Å². The molecule has 0 N–H and O–H groups in total. The fraction of sp³-hybridized carbons (Fsp3) is 0.611. The van der Waals surface area contributed by atoms with Crippen molar-refractivity contribution in [2.24, 2.45) is 11.8 Å². The normalized spacial score (nSPS) is 30.8. The number of ether oxygens (including phenoxy) is 2. The topological polar surface area (TPSA) is 82.0 Å². The van der Waals surface area contributed by atoms with E-state index in [-0.39, 0.29) is 28.8 Å². The summed E-state index contributed by atoms with van der Waals surface area (Å²) in [7, 11) is 0. The number of hydrogen-bond donors (Lipinski definition) is 0. The molecule has 2 aliphatic rings. The van der Waals surface area contributed by atoms with Gasteiger partial charge in [-0.25, -0.2) is 0 Å². The van der Waals surface area contributed by atoms with Crippen molar-refractivity contribution in [1.29, 1.82) is 0 Å². The van der Waals surface area contributed by atoms with Gasteiger partial charge in [-0.15, -0.1) is 0 Å². The molecule has 1 aromatic carbocycles. The van der Waals surface area contributed by atoms with Crippen LogP contribution in [0.15, 0.2) is 24.3 Å². The predicted molar refractivity (Wildman–Crippen MR) is 87.7 cm³/mol. The van der Waals surface area contributed by atoms with Crippen LogP contribution in [0.5, 0.6) is 5.75 Å². The first-order valence-corrected chi connectivity index (χ1v) is 8.39. The van der Waals surface area contributed by atoms with Crippen LogP contribution in [0.1, 0.15) is 46.5 Å². The van der Waals surface area contributed by atoms with Crippen molar-refractivity contribution in [3.8, 4) is 5.75 Å². The first kappa shape index (κ1) is 16.9. The molecule has 6 nitrogen and oxygen atoms in total. The van der Waals surface area contributed by atoms with Crippen LogP contribution in [-0.4, -0.2) is 22.1 Å². The summed E-state index contributed by atoms with van der Waals surface area (Å²) in [6.07, 6.45) is 3.37. The van der Waals surface area contributed by atoms with Crippen molar-refractivity contribution in [1.82, 2.24) is 0 Å². The van der Waals surface area contributed by atoms with Gasteiger partial charge in [-0.05, 0) is 51.2 Å². The SMILES string of the molecule is C[C@@H]1CC[C@]2(OC2(C)C)[C@H](CC(=O)Oc2ccc([N+](=O)[O-])cc2)C1. The average molecular weight is 333 g/mol. The molecular weight excluding hydrogens is 310 g/mol. The second kappa shape index (κ2) is 5.84. The van der Waals surface area contributed by atoms with E-state index in [4.69, 9.17) is 9.47 Å². The number of epoxide rings is 1. The van der Waals surface area contributed by atoms with Crippen LogP contribution in [0.25, 0.3) is 0 Å². The van der Waals surface area contributed by atoms with Gasteiger partial charge in [0.15, 0.2) is 0 Å². The van der Waals surface area contributed by atoms with E-state index in [0.29, 0.717) is 18.1 Å². The van der Waals surface area contributed by atoms with Crippen LogP contribution in [0, 0.1) is 22.0 Å². The van der Waals surface area contributed by atoms with Crippen LogP contribution in [-0.2, 0) is 9.53 Å². The highest BCUT2D eigenvalue weighted by Crippen LogP contribution is 2.60. The Hall–Kier alpha value is -1.95. The Balaban J connectivity index is 1.64. The summed E-state index contributed by atoms with van der Waals surface area (Å²) < 4.78 is 11.4. The monoisotopic (exact) mass is 333 g/mol. The zero-order chi connectivity index (χ0) is 17.5.